The van der Waals surface area contributed by atoms with Crippen LogP contribution in [0, 0.1) is 0 Å². The minimum Gasteiger partial charge on any atom is -0.478 e. The summed E-state index contributed by atoms with van der Waals surface area (Å²) >= 11 is 1.64. The van der Waals surface area contributed by atoms with Gasteiger partial charge in [0.1, 0.15) is 5.75 Å². The van der Waals surface area contributed by atoms with Gasteiger partial charge in [-0.1, -0.05) is 12.1 Å². The molecule has 1 amide bonds. The van der Waals surface area contributed by atoms with Gasteiger partial charge in [0.15, 0.2) is 5.60 Å². The Morgan fingerprint density at radius 2 is 1.61 bits per heavy atom. The fourth-order valence-corrected chi connectivity index (χ4v) is 3.05. The predicted molar refractivity (Wildman–Crippen MR) is 112 cm³/mol. The van der Waals surface area contributed by atoms with Crippen LogP contribution in [0.4, 0.5) is 5.69 Å². The van der Waals surface area contributed by atoms with Crippen LogP contribution < -0.4 is 10.1 Å². The number of fused-ring (bicyclic) bond motifs is 1. The molecule has 2 N–H and O–H groups in total. The van der Waals surface area contributed by atoms with Crippen LogP contribution in [0.2, 0.25) is 0 Å². The topological polar surface area (TPSA) is 75.6 Å². The number of carbonyl (C=O) groups is 2. The first kappa shape index (κ1) is 19.8. The van der Waals surface area contributed by atoms with Crippen molar-refractivity contribution in [1.82, 2.24) is 0 Å². The van der Waals surface area contributed by atoms with Gasteiger partial charge in [-0.25, -0.2) is 4.79 Å². The average molecular weight is 395 g/mol. The molecule has 5 nitrogen and oxygen atoms in total. The van der Waals surface area contributed by atoms with Crippen molar-refractivity contribution < 1.29 is 19.4 Å². The summed E-state index contributed by atoms with van der Waals surface area (Å²) in [6.45, 7) is 3.00. The monoisotopic (exact) mass is 395 g/mol. The first-order valence-electron chi connectivity index (χ1n) is 8.70. The number of carboxylic acid groups (broad SMARTS) is 1. The van der Waals surface area contributed by atoms with Crippen LogP contribution in [0.25, 0.3) is 10.8 Å². The number of rotatable bonds is 6. The molecule has 0 heterocycles. The predicted octanol–water partition coefficient (Wildman–Crippen LogP) is 5.06. The van der Waals surface area contributed by atoms with Crippen molar-refractivity contribution in [2.24, 2.45) is 0 Å². The Balaban J connectivity index is 1.79. The second-order valence-corrected chi connectivity index (χ2v) is 7.70. The molecule has 6 heteroatoms. The minimum absolute atomic E-state index is 0.189. The van der Waals surface area contributed by atoms with E-state index in [2.05, 4.69) is 5.32 Å². The Labute approximate surface area is 167 Å². The van der Waals surface area contributed by atoms with E-state index in [1.807, 2.05) is 42.7 Å². The molecule has 144 valence electrons. The largest absolute Gasteiger partial charge is 0.478 e. The molecular formula is C22H21NO4S. The number of carbonyl (C=O) groups excluding carboxylic acids is 1. The fraction of sp³-hybridized carbons (Fsp3) is 0.182. The van der Waals surface area contributed by atoms with E-state index in [-0.39, 0.29) is 5.91 Å². The van der Waals surface area contributed by atoms with Gasteiger partial charge in [0.05, 0.1) is 0 Å². The molecule has 0 fully saturated rings. The van der Waals surface area contributed by atoms with Crippen molar-refractivity contribution in [3.63, 3.8) is 0 Å². The lowest BCUT2D eigenvalue weighted by Gasteiger charge is -2.21. The highest BCUT2D eigenvalue weighted by molar-refractivity contribution is 7.98. The van der Waals surface area contributed by atoms with Crippen LogP contribution in [0.5, 0.6) is 5.75 Å². The second-order valence-electron chi connectivity index (χ2n) is 6.82. The molecule has 0 aliphatic carbocycles. The molecule has 0 saturated heterocycles. The summed E-state index contributed by atoms with van der Waals surface area (Å²) in [7, 11) is 0. The molecule has 0 unspecified atom stereocenters. The average Bonchev–Trinajstić information content (AvgIpc) is 2.67. The molecule has 0 saturated carbocycles. The van der Waals surface area contributed by atoms with Crippen molar-refractivity contribution in [3.8, 4) is 5.75 Å². The number of carboxylic acids is 1. The van der Waals surface area contributed by atoms with Crippen LogP contribution in [0.15, 0.2) is 65.6 Å². The van der Waals surface area contributed by atoms with Gasteiger partial charge < -0.3 is 15.2 Å². The molecule has 0 aliphatic rings. The Kier molecular flexibility index (Phi) is 5.61. The number of nitrogens with one attached hydrogen (secondary N) is 1. The third kappa shape index (κ3) is 4.46. The summed E-state index contributed by atoms with van der Waals surface area (Å²) < 4.78 is 5.57. The number of amides is 1. The Morgan fingerprint density at radius 3 is 2.25 bits per heavy atom. The lowest BCUT2D eigenvalue weighted by atomic mass is 10.1. The van der Waals surface area contributed by atoms with Gasteiger partial charge in [-0.05, 0) is 79.4 Å². The zero-order chi connectivity index (χ0) is 20.3. The maximum absolute atomic E-state index is 12.5. The standard InChI is InChI=1S/C22H21NO4S/c1-22(2,21(25)26)27-18-9-6-14-12-16(5-4-15(14)13-18)20(24)23-17-7-10-19(28-3)11-8-17/h4-13H,1-3H3,(H,23,24)(H,25,26). The van der Waals surface area contributed by atoms with E-state index in [4.69, 9.17) is 4.74 Å². The number of hydrogen-bond donors (Lipinski definition) is 2. The summed E-state index contributed by atoms with van der Waals surface area (Å²) in [4.78, 5) is 24.9. The molecule has 0 bridgehead atoms. The molecule has 0 radical (unpaired) electrons. The quantitative estimate of drug-likeness (QED) is 0.571. The number of thioether (sulfide) groups is 1. The minimum atomic E-state index is -1.32. The van der Waals surface area contributed by atoms with Gasteiger partial charge in [-0.2, -0.15) is 0 Å². The van der Waals surface area contributed by atoms with Crippen LogP contribution in [0.3, 0.4) is 0 Å². The summed E-state index contributed by atoms with van der Waals surface area (Å²) in [6.07, 6.45) is 2.00. The van der Waals surface area contributed by atoms with Crippen molar-refractivity contribution in [1.29, 1.82) is 0 Å². The maximum atomic E-state index is 12.5. The molecule has 3 rings (SSSR count). The highest BCUT2D eigenvalue weighted by Gasteiger charge is 2.29. The number of hydrogen-bond acceptors (Lipinski definition) is 4. The third-order valence-electron chi connectivity index (χ3n) is 4.31. The first-order valence-corrected chi connectivity index (χ1v) is 9.92. The van der Waals surface area contributed by atoms with E-state index in [9.17, 15) is 14.7 Å². The van der Waals surface area contributed by atoms with E-state index in [0.717, 1.165) is 21.4 Å². The highest BCUT2D eigenvalue weighted by Crippen LogP contribution is 2.26. The van der Waals surface area contributed by atoms with Gasteiger partial charge >= 0.3 is 5.97 Å². The number of ether oxygens (including phenoxy) is 1. The van der Waals surface area contributed by atoms with Crippen molar-refractivity contribution in [2.75, 3.05) is 11.6 Å². The zero-order valence-corrected chi connectivity index (χ0v) is 16.7. The van der Waals surface area contributed by atoms with E-state index in [0.29, 0.717) is 11.3 Å². The van der Waals surface area contributed by atoms with Gasteiger partial charge in [0.25, 0.3) is 5.91 Å². The van der Waals surface area contributed by atoms with Gasteiger partial charge in [0.2, 0.25) is 0 Å². The lowest BCUT2D eigenvalue weighted by Crippen LogP contribution is -2.37. The number of benzene rings is 3. The molecule has 0 aromatic heterocycles. The van der Waals surface area contributed by atoms with Crippen LogP contribution >= 0.6 is 11.8 Å². The molecule has 28 heavy (non-hydrogen) atoms. The third-order valence-corrected chi connectivity index (χ3v) is 5.05. The van der Waals surface area contributed by atoms with Gasteiger partial charge in [-0.3, -0.25) is 4.79 Å². The van der Waals surface area contributed by atoms with E-state index < -0.39 is 11.6 Å². The van der Waals surface area contributed by atoms with E-state index in [1.54, 1.807) is 36.0 Å². The smallest absolute Gasteiger partial charge is 0.347 e. The van der Waals surface area contributed by atoms with Crippen LogP contribution in [-0.2, 0) is 4.79 Å². The number of aliphatic carboxylic acids is 1. The molecule has 0 atom stereocenters. The SMILES string of the molecule is CSc1ccc(NC(=O)c2ccc3cc(OC(C)(C)C(=O)O)ccc3c2)cc1. The van der Waals surface area contributed by atoms with Gasteiger partial charge in [0, 0.05) is 16.1 Å². The van der Waals surface area contributed by atoms with Crippen molar-refractivity contribution in [2.45, 2.75) is 24.3 Å². The second kappa shape index (κ2) is 7.94. The van der Waals surface area contributed by atoms with E-state index >= 15 is 0 Å². The Morgan fingerprint density at radius 1 is 0.964 bits per heavy atom. The number of anilines is 1. The lowest BCUT2D eigenvalue weighted by molar-refractivity contribution is -0.152. The summed E-state index contributed by atoms with van der Waals surface area (Å²) in [6, 6.07) is 18.3. The Bertz CT molecular complexity index is 1030. The maximum Gasteiger partial charge on any atom is 0.347 e. The normalized spacial score (nSPS) is 11.2. The van der Waals surface area contributed by atoms with Gasteiger partial charge in [-0.15, -0.1) is 11.8 Å². The summed E-state index contributed by atoms with van der Waals surface area (Å²) in [5, 5.41) is 13.8. The van der Waals surface area contributed by atoms with E-state index in [1.165, 1.54) is 13.8 Å². The zero-order valence-electron chi connectivity index (χ0n) is 15.9. The summed E-state index contributed by atoms with van der Waals surface area (Å²) in [5.41, 5.74) is -0.0391. The summed E-state index contributed by atoms with van der Waals surface area (Å²) in [5.74, 6) is -0.762. The fourth-order valence-electron chi connectivity index (χ4n) is 2.64. The van der Waals surface area contributed by atoms with Crippen LogP contribution in [0.1, 0.15) is 24.2 Å². The molecular weight excluding hydrogens is 374 g/mol. The molecule has 0 spiro atoms. The first-order chi connectivity index (χ1) is 13.3. The highest BCUT2D eigenvalue weighted by atomic mass is 32.2. The molecule has 3 aromatic rings. The molecule has 3 aromatic carbocycles. The Hall–Kier alpha value is -2.99. The van der Waals surface area contributed by atoms with Crippen LogP contribution in [-0.4, -0.2) is 28.8 Å². The molecule has 0 aliphatic heterocycles. The van der Waals surface area contributed by atoms with Crippen molar-refractivity contribution in [3.05, 3.63) is 66.2 Å². The van der Waals surface area contributed by atoms with Crippen molar-refractivity contribution >= 4 is 40.1 Å².